The third-order valence-electron chi connectivity index (χ3n) is 4.78. The first-order chi connectivity index (χ1) is 11.7. The zero-order chi connectivity index (χ0) is 16.9. The Hall–Kier alpha value is -1.70. The summed E-state index contributed by atoms with van der Waals surface area (Å²) in [5, 5.41) is 19.5. The van der Waals surface area contributed by atoms with Crippen LogP contribution in [0.5, 0.6) is 5.75 Å². The Bertz CT molecular complexity index is 563. The third-order valence-corrected chi connectivity index (χ3v) is 4.78. The predicted octanol–water partition coefficient (Wildman–Crippen LogP) is 0.190. The minimum atomic E-state index is -0.266. The molecule has 1 aromatic rings. The highest BCUT2D eigenvalue weighted by Crippen LogP contribution is 2.25. The standard InChI is InChI=1S/C17H25N3O4/c21-12-14-8-13(9-19-4-6-24-7-5-19)10-20(11-14)17(23)16-15(22)2-1-3-18-16/h1-3,13-14,21-22H,4-12H2/t13-,14-/m1/s1. The second kappa shape index (κ2) is 7.92. The van der Waals surface area contributed by atoms with Gasteiger partial charge >= 0.3 is 0 Å². The maximum atomic E-state index is 12.7. The molecular weight excluding hydrogens is 310 g/mol. The average Bonchev–Trinajstić information content (AvgIpc) is 2.62. The Kier molecular flexibility index (Phi) is 5.65. The molecule has 7 heteroatoms. The van der Waals surface area contributed by atoms with Crippen molar-refractivity contribution in [3.8, 4) is 5.75 Å². The van der Waals surface area contributed by atoms with Crippen LogP contribution in [0.15, 0.2) is 18.3 Å². The van der Waals surface area contributed by atoms with Crippen LogP contribution in [0.3, 0.4) is 0 Å². The summed E-state index contributed by atoms with van der Waals surface area (Å²) in [6, 6.07) is 3.07. The molecule has 2 aliphatic heterocycles. The summed E-state index contributed by atoms with van der Waals surface area (Å²) in [5.74, 6) is 0.0139. The number of rotatable bonds is 4. The van der Waals surface area contributed by atoms with Crippen LogP contribution in [0.2, 0.25) is 0 Å². The number of piperidine rings is 1. The first-order valence-corrected chi connectivity index (χ1v) is 8.51. The molecule has 0 radical (unpaired) electrons. The van der Waals surface area contributed by atoms with E-state index in [1.807, 2.05) is 0 Å². The number of nitrogens with zero attached hydrogens (tertiary/aromatic N) is 3. The van der Waals surface area contributed by atoms with Crippen molar-refractivity contribution >= 4 is 5.91 Å². The Labute approximate surface area is 141 Å². The molecule has 2 N–H and O–H groups in total. The highest BCUT2D eigenvalue weighted by Gasteiger charge is 2.32. The molecule has 2 atom stereocenters. The van der Waals surface area contributed by atoms with Crippen molar-refractivity contribution < 1.29 is 19.7 Å². The molecule has 2 aliphatic rings. The van der Waals surface area contributed by atoms with Crippen LogP contribution in [-0.2, 0) is 4.74 Å². The van der Waals surface area contributed by atoms with Gasteiger partial charge in [0.25, 0.3) is 5.91 Å². The van der Waals surface area contributed by atoms with E-state index in [1.54, 1.807) is 11.0 Å². The molecule has 0 aliphatic carbocycles. The van der Waals surface area contributed by atoms with E-state index in [0.29, 0.717) is 19.0 Å². The molecule has 1 amide bonds. The van der Waals surface area contributed by atoms with Gasteiger partial charge in [-0.15, -0.1) is 0 Å². The molecule has 0 aromatic carbocycles. The Morgan fingerprint density at radius 1 is 1.29 bits per heavy atom. The van der Waals surface area contributed by atoms with Crippen molar-refractivity contribution in [3.63, 3.8) is 0 Å². The van der Waals surface area contributed by atoms with E-state index in [-0.39, 0.29) is 29.9 Å². The Morgan fingerprint density at radius 2 is 2.04 bits per heavy atom. The fourth-order valence-electron chi connectivity index (χ4n) is 3.61. The largest absolute Gasteiger partial charge is 0.505 e. The topological polar surface area (TPSA) is 86.1 Å². The van der Waals surface area contributed by atoms with Gasteiger partial charge in [0.05, 0.1) is 13.2 Å². The number of morpholine rings is 1. The van der Waals surface area contributed by atoms with Crippen molar-refractivity contribution in [1.82, 2.24) is 14.8 Å². The van der Waals surface area contributed by atoms with Crippen molar-refractivity contribution in [1.29, 1.82) is 0 Å². The predicted molar refractivity (Wildman–Crippen MR) is 87.7 cm³/mol. The number of aliphatic hydroxyl groups excluding tert-OH is 1. The minimum absolute atomic E-state index is 0.0671. The van der Waals surface area contributed by atoms with Gasteiger partial charge < -0.3 is 19.8 Å². The van der Waals surface area contributed by atoms with Crippen LogP contribution < -0.4 is 0 Å². The van der Waals surface area contributed by atoms with Gasteiger partial charge in [-0.1, -0.05) is 0 Å². The van der Waals surface area contributed by atoms with Gasteiger partial charge in [0.2, 0.25) is 0 Å². The smallest absolute Gasteiger partial charge is 0.276 e. The number of amides is 1. The number of carbonyl (C=O) groups excluding carboxylic acids is 1. The van der Waals surface area contributed by atoms with Crippen LogP contribution in [0.1, 0.15) is 16.9 Å². The van der Waals surface area contributed by atoms with Crippen LogP contribution in [0.4, 0.5) is 0 Å². The molecule has 0 spiro atoms. The molecule has 2 fully saturated rings. The summed E-state index contributed by atoms with van der Waals surface area (Å²) in [4.78, 5) is 20.8. The van der Waals surface area contributed by atoms with Crippen LogP contribution in [-0.4, -0.2) is 83.4 Å². The number of hydrogen-bond acceptors (Lipinski definition) is 6. The number of likely N-dealkylation sites (tertiary alicyclic amines) is 1. The molecule has 2 saturated heterocycles. The second-order valence-corrected chi connectivity index (χ2v) is 6.64. The van der Waals surface area contributed by atoms with Crippen molar-refractivity contribution in [2.24, 2.45) is 11.8 Å². The second-order valence-electron chi connectivity index (χ2n) is 6.64. The fourth-order valence-corrected chi connectivity index (χ4v) is 3.61. The molecule has 3 rings (SSSR count). The number of carbonyl (C=O) groups is 1. The summed E-state index contributed by atoms with van der Waals surface area (Å²) in [6.07, 6.45) is 2.41. The number of pyridine rings is 1. The lowest BCUT2D eigenvalue weighted by Crippen LogP contribution is -2.49. The lowest BCUT2D eigenvalue weighted by atomic mass is 9.89. The van der Waals surface area contributed by atoms with Crippen molar-refractivity contribution in [2.45, 2.75) is 6.42 Å². The summed E-state index contributed by atoms with van der Waals surface area (Å²) in [5.41, 5.74) is 0.0845. The van der Waals surface area contributed by atoms with E-state index < -0.39 is 0 Å². The fraction of sp³-hybridized carbons (Fsp3) is 0.647. The molecule has 132 valence electrons. The van der Waals surface area contributed by atoms with Gasteiger partial charge in [-0.25, -0.2) is 4.98 Å². The maximum Gasteiger partial charge on any atom is 0.276 e. The highest BCUT2D eigenvalue weighted by atomic mass is 16.5. The number of aromatic nitrogens is 1. The monoisotopic (exact) mass is 335 g/mol. The number of hydrogen-bond donors (Lipinski definition) is 2. The minimum Gasteiger partial charge on any atom is -0.505 e. The molecule has 24 heavy (non-hydrogen) atoms. The molecular formula is C17H25N3O4. The number of aliphatic hydroxyl groups is 1. The van der Waals surface area contributed by atoms with E-state index in [2.05, 4.69) is 9.88 Å². The first-order valence-electron chi connectivity index (χ1n) is 8.51. The quantitative estimate of drug-likeness (QED) is 0.817. The van der Waals surface area contributed by atoms with Crippen LogP contribution in [0.25, 0.3) is 0 Å². The first kappa shape index (κ1) is 17.1. The van der Waals surface area contributed by atoms with Gasteiger partial charge in [-0.05, 0) is 30.4 Å². The van der Waals surface area contributed by atoms with Gasteiger partial charge in [-0.3, -0.25) is 9.69 Å². The summed E-state index contributed by atoms with van der Waals surface area (Å²) < 4.78 is 5.38. The molecule has 7 nitrogen and oxygen atoms in total. The lowest BCUT2D eigenvalue weighted by Gasteiger charge is -2.39. The maximum absolute atomic E-state index is 12.7. The van der Waals surface area contributed by atoms with Crippen LogP contribution >= 0.6 is 0 Å². The van der Waals surface area contributed by atoms with Gasteiger partial charge in [0.1, 0.15) is 5.75 Å². The zero-order valence-electron chi connectivity index (χ0n) is 13.8. The molecule has 0 bridgehead atoms. The number of ether oxygens (including phenoxy) is 1. The molecule has 0 unspecified atom stereocenters. The van der Waals surface area contributed by atoms with E-state index in [1.165, 1.54) is 12.3 Å². The third kappa shape index (κ3) is 4.03. The van der Waals surface area contributed by atoms with Gasteiger partial charge in [-0.2, -0.15) is 0 Å². The number of aromatic hydroxyl groups is 1. The molecule has 1 aromatic heterocycles. The van der Waals surface area contributed by atoms with Crippen molar-refractivity contribution in [3.05, 3.63) is 24.0 Å². The molecule has 3 heterocycles. The van der Waals surface area contributed by atoms with E-state index in [0.717, 1.165) is 39.3 Å². The Morgan fingerprint density at radius 3 is 2.75 bits per heavy atom. The van der Waals surface area contributed by atoms with E-state index in [4.69, 9.17) is 4.74 Å². The van der Waals surface area contributed by atoms with Gasteiger partial charge in [0, 0.05) is 45.5 Å². The average molecular weight is 335 g/mol. The summed E-state index contributed by atoms with van der Waals surface area (Å²) in [7, 11) is 0. The normalized spacial score (nSPS) is 25.6. The van der Waals surface area contributed by atoms with E-state index >= 15 is 0 Å². The van der Waals surface area contributed by atoms with Crippen LogP contribution in [0, 0.1) is 11.8 Å². The van der Waals surface area contributed by atoms with E-state index in [9.17, 15) is 15.0 Å². The zero-order valence-corrected chi connectivity index (χ0v) is 13.8. The lowest BCUT2D eigenvalue weighted by molar-refractivity contribution is 0.0128. The SMILES string of the molecule is O=C(c1ncccc1O)N1C[C@H](CO)C[C@H](CN2CCOCC2)C1. The van der Waals surface area contributed by atoms with Gasteiger partial charge in [0.15, 0.2) is 5.69 Å². The molecule has 0 saturated carbocycles. The Balaban J connectivity index is 1.68. The van der Waals surface area contributed by atoms with Crippen molar-refractivity contribution in [2.75, 3.05) is 52.5 Å². The summed E-state index contributed by atoms with van der Waals surface area (Å²) >= 11 is 0. The highest BCUT2D eigenvalue weighted by molar-refractivity contribution is 5.94. The summed E-state index contributed by atoms with van der Waals surface area (Å²) in [6.45, 7) is 5.43.